The minimum Gasteiger partial charge on any atom is -0.482 e. The molecular formula is C33H33F2N3O3. The maximum absolute atomic E-state index is 14.5. The summed E-state index contributed by atoms with van der Waals surface area (Å²) in [5.41, 5.74) is 2.77. The van der Waals surface area contributed by atoms with Crippen LogP contribution < -0.4 is 4.90 Å². The standard InChI is InChI=1S/C33H33F2N3O3/c34-26-13-15-27(16-14-26)36-17-19-37(20-18-36)32(39)24-11-9-23(10-12-24)21-31-33(40)38(22-25-5-1-2-6-28(25)35)29-7-3-4-8-30(29)41-31/h1-2,5-6,9-16,21,29-30H,3-4,7-8,17-20,22H2/b31-21-. The van der Waals surface area contributed by atoms with Gasteiger partial charge in [-0.1, -0.05) is 36.8 Å². The second-order valence-electron chi connectivity index (χ2n) is 10.9. The third-order valence-electron chi connectivity index (χ3n) is 8.33. The van der Waals surface area contributed by atoms with Crippen LogP contribution in [0.5, 0.6) is 0 Å². The topological polar surface area (TPSA) is 53.1 Å². The van der Waals surface area contributed by atoms with Crippen LogP contribution in [0.15, 0.2) is 78.6 Å². The molecular weight excluding hydrogens is 524 g/mol. The number of anilines is 1. The fourth-order valence-corrected chi connectivity index (χ4v) is 6.05. The van der Waals surface area contributed by atoms with Crippen LogP contribution >= 0.6 is 0 Å². The monoisotopic (exact) mass is 557 g/mol. The number of hydrogen-bond donors (Lipinski definition) is 0. The van der Waals surface area contributed by atoms with Crippen molar-refractivity contribution in [3.8, 4) is 0 Å². The molecule has 1 aliphatic carbocycles. The molecule has 0 bridgehead atoms. The Balaban J connectivity index is 1.13. The molecule has 2 saturated heterocycles. The van der Waals surface area contributed by atoms with Gasteiger partial charge in [0.05, 0.1) is 6.04 Å². The van der Waals surface area contributed by atoms with Gasteiger partial charge in [0.1, 0.15) is 17.7 Å². The van der Waals surface area contributed by atoms with Crippen LogP contribution in [0.25, 0.3) is 6.08 Å². The Hall–Kier alpha value is -4.20. The minimum atomic E-state index is -0.318. The minimum absolute atomic E-state index is 0.0472. The van der Waals surface area contributed by atoms with E-state index in [1.165, 1.54) is 18.2 Å². The van der Waals surface area contributed by atoms with E-state index < -0.39 is 0 Å². The van der Waals surface area contributed by atoms with E-state index in [-0.39, 0.29) is 47.9 Å². The smallest absolute Gasteiger partial charge is 0.289 e. The van der Waals surface area contributed by atoms with Crippen molar-refractivity contribution < 1.29 is 23.1 Å². The molecule has 0 spiro atoms. The number of carbonyl (C=O) groups is 2. The summed E-state index contributed by atoms with van der Waals surface area (Å²) < 4.78 is 33.9. The van der Waals surface area contributed by atoms with E-state index in [4.69, 9.17) is 4.74 Å². The molecule has 2 atom stereocenters. The molecule has 0 radical (unpaired) electrons. The van der Waals surface area contributed by atoms with Gasteiger partial charge in [0.25, 0.3) is 11.8 Å². The summed E-state index contributed by atoms with van der Waals surface area (Å²) in [6.45, 7) is 2.70. The van der Waals surface area contributed by atoms with Gasteiger partial charge in [-0.2, -0.15) is 0 Å². The van der Waals surface area contributed by atoms with Crippen molar-refractivity contribution in [2.24, 2.45) is 0 Å². The molecule has 3 aromatic rings. The molecule has 0 N–H and O–H groups in total. The van der Waals surface area contributed by atoms with E-state index in [2.05, 4.69) is 4.90 Å². The molecule has 3 fully saturated rings. The number of piperazine rings is 1. The van der Waals surface area contributed by atoms with Crippen molar-refractivity contribution in [1.29, 1.82) is 0 Å². The summed E-state index contributed by atoms with van der Waals surface area (Å²) in [4.78, 5) is 32.5. The molecule has 2 unspecified atom stereocenters. The number of morpholine rings is 1. The van der Waals surface area contributed by atoms with Gasteiger partial charge >= 0.3 is 0 Å². The van der Waals surface area contributed by atoms with E-state index in [0.717, 1.165) is 36.9 Å². The van der Waals surface area contributed by atoms with E-state index in [9.17, 15) is 18.4 Å². The average Bonchev–Trinajstić information content (AvgIpc) is 3.01. The first-order chi connectivity index (χ1) is 20.0. The Morgan fingerprint density at radius 2 is 1.59 bits per heavy atom. The van der Waals surface area contributed by atoms with Crippen LogP contribution in [0.4, 0.5) is 14.5 Å². The quantitative estimate of drug-likeness (QED) is 0.381. The van der Waals surface area contributed by atoms with Crippen LogP contribution in [0.1, 0.15) is 47.2 Å². The van der Waals surface area contributed by atoms with Crippen molar-refractivity contribution in [2.45, 2.75) is 44.4 Å². The fourth-order valence-electron chi connectivity index (χ4n) is 6.05. The molecule has 6 nitrogen and oxygen atoms in total. The Labute approximate surface area is 238 Å². The van der Waals surface area contributed by atoms with Gasteiger partial charge in [-0.05, 0) is 73.4 Å². The first-order valence-electron chi connectivity index (χ1n) is 14.3. The zero-order valence-electron chi connectivity index (χ0n) is 22.8. The largest absolute Gasteiger partial charge is 0.482 e. The Bertz CT molecular complexity index is 1430. The second kappa shape index (κ2) is 11.7. The van der Waals surface area contributed by atoms with Crippen LogP contribution in [0, 0.1) is 11.6 Å². The SMILES string of the molecule is O=C(c1ccc(/C=C2\OC3CCCCC3N(Cc3ccccc3F)C2=O)cc1)N1CCN(c2ccc(F)cc2)CC1. The average molecular weight is 558 g/mol. The van der Waals surface area contributed by atoms with Crippen LogP contribution in [-0.4, -0.2) is 59.9 Å². The molecule has 2 heterocycles. The predicted molar refractivity (Wildman–Crippen MR) is 153 cm³/mol. The lowest BCUT2D eigenvalue weighted by atomic mass is 9.89. The summed E-state index contributed by atoms with van der Waals surface area (Å²) in [6, 6.07) is 20.1. The number of carbonyl (C=O) groups excluding carboxylic acids is 2. The van der Waals surface area contributed by atoms with Crippen molar-refractivity contribution >= 4 is 23.6 Å². The molecule has 212 valence electrons. The highest BCUT2D eigenvalue weighted by atomic mass is 19.1. The Morgan fingerprint density at radius 1 is 0.878 bits per heavy atom. The van der Waals surface area contributed by atoms with Gasteiger partial charge in [0, 0.05) is 49.5 Å². The Kier molecular flexibility index (Phi) is 7.72. The maximum Gasteiger partial charge on any atom is 0.289 e. The third kappa shape index (κ3) is 5.82. The highest BCUT2D eigenvalue weighted by Gasteiger charge is 2.41. The highest BCUT2D eigenvalue weighted by Crippen LogP contribution is 2.34. The normalized spacial score (nSPS) is 22.0. The van der Waals surface area contributed by atoms with Gasteiger partial charge in [0.2, 0.25) is 0 Å². The lowest BCUT2D eigenvalue weighted by Crippen LogP contribution is -2.54. The number of benzene rings is 3. The summed E-state index contributed by atoms with van der Waals surface area (Å²) >= 11 is 0. The number of halogens is 2. The third-order valence-corrected chi connectivity index (χ3v) is 8.33. The van der Waals surface area contributed by atoms with E-state index in [0.29, 0.717) is 37.3 Å². The first-order valence-corrected chi connectivity index (χ1v) is 14.3. The van der Waals surface area contributed by atoms with Gasteiger partial charge in [-0.15, -0.1) is 0 Å². The van der Waals surface area contributed by atoms with Crippen molar-refractivity contribution in [3.05, 3.63) is 107 Å². The maximum atomic E-state index is 14.5. The molecule has 6 rings (SSSR count). The predicted octanol–water partition coefficient (Wildman–Crippen LogP) is 5.64. The Morgan fingerprint density at radius 3 is 2.32 bits per heavy atom. The second-order valence-corrected chi connectivity index (χ2v) is 10.9. The number of fused-ring (bicyclic) bond motifs is 1. The van der Waals surface area contributed by atoms with Crippen molar-refractivity contribution in [3.63, 3.8) is 0 Å². The number of nitrogens with zero attached hydrogens (tertiary/aromatic N) is 3. The zero-order valence-corrected chi connectivity index (χ0v) is 22.8. The molecule has 3 aliphatic rings. The molecule has 0 aromatic heterocycles. The highest BCUT2D eigenvalue weighted by molar-refractivity contribution is 5.97. The lowest BCUT2D eigenvalue weighted by molar-refractivity contribution is -0.149. The van der Waals surface area contributed by atoms with Crippen molar-refractivity contribution in [1.82, 2.24) is 9.80 Å². The molecule has 41 heavy (non-hydrogen) atoms. The number of hydrogen-bond acceptors (Lipinski definition) is 4. The van der Waals surface area contributed by atoms with Gasteiger partial charge < -0.3 is 19.4 Å². The zero-order chi connectivity index (χ0) is 28.3. The van der Waals surface area contributed by atoms with E-state index in [1.807, 2.05) is 17.0 Å². The van der Waals surface area contributed by atoms with Crippen LogP contribution in [-0.2, 0) is 16.1 Å². The van der Waals surface area contributed by atoms with Crippen molar-refractivity contribution in [2.75, 3.05) is 31.1 Å². The summed E-state index contributed by atoms with van der Waals surface area (Å²) in [5, 5.41) is 0. The van der Waals surface area contributed by atoms with Crippen LogP contribution in [0.3, 0.4) is 0 Å². The van der Waals surface area contributed by atoms with Gasteiger partial charge in [-0.25, -0.2) is 8.78 Å². The number of amides is 2. The fraction of sp³-hybridized carbons (Fsp3) is 0.333. The van der Waals surface area contributed by atoms with E-state index >= 15 is 0 Å². The molecule has 8 heteroatoms. The first kappa shape index (κ1) is 27.0. The number of ether oxygens (including phenoxy) is 1. The summed E-state index contributed by atoms with van der Waals surface area (Å²) in [5.74, 6) is -0.619. The number of rotatable bonds is 5. The van der Waals surface area contributed by atoms with E-state index in [1.54, 1.807) is 53.4 Å². The molecule has 2 amide bonds. The molecule has 3 aromatic carbocycles. The van der Waals surface area contributed by atoms with Gasteiger partial charge in [0.15, 0.2) is 5.76 Å². The molecule has 2 aliphatic heterocycles. The van der Waals surface area contributed by atoms with Gasteiger partial charge in [-0.3, -0.25) is 9.59 Å². The summed E-state index contributed by atoms with van der Waals surface area (Å²) in [7, 11) is 0. The summed E-state index contributed by atoms with van der Waals surface area (Å²) in [6.07, 6.45) is 5.34. The van der Waals surface area contributed by atoms with Crippen LogP contribution in [0.2, 0.25) is 0 Å². The lowest BCUT2D eigenvalue weighted by Gasteiger charge is -2.44. The molecule has 1 saturated carbocycles.